The summed E-state index contributed by atoms with van der Waals surface area (Å²) in [7, 11) is 0. The first-order chi connectivity index (χ1) is 15.4. The van der Waals surface area contributed by atoms with Crippen LogP contribution in [0.3, 0.4) is 0 Å². The molecule has 1 aliphatic heterocycles. The van der Waals surface area contributed by atoms with Crippen molar-refractivity contribution in [3.63, 3.8) is 0 Å². The lowest BCUT2D eigenvalue weighted by Gasteiger charge is -2.25. The van der Waals surface area contributed by atoms with E-state index in [0.29, 0.717) is 31.9 Å². The number of amides is 2. The molecule has 2 heterocycles. The van der Waals surface area contributed by atoms with Gasteiger partial charge in [-0.25, -0.2) is 0 Å². The van der Waals surface area contributed by atoms with Gasteiger partial charge in [0.15, 0.2) is 0 Å². The van der Waals surface area contributed by atoms with E-state index >= 15 is 0 Å². The molecule has 2 amide bonds. The number of rotatable bonds is 8. The van der Waals surface area contributed by atoms with Crippen molar-refractivity contribution in [2.75, 3.05) is 45.8 Å². The van der Waals surface area contributed by atoms with E-state index < -0.39 is 0 Å². The average molecular weight is 459 g/mol. The van der Waals surface area contributed by atoms with Crippen molar-refractivity contribution in [3.8, 4) is 0 Å². The van der Waals surface area contributed by atoms with Crippen LogP contribution in [0.1, 0.15) is 47.6 Å². The summed E-state index contributed by atoms with van der Waals surface area (Å²) in [6.07, 6.45) is 0.867. The molecule has 8 heteroatoms. The second-order valence-electron chi connectivity index (χ2n) is 8.08. The van der Waals surface area contributed by atoms with Crippen molar-refractivity contribution in [1.29, 1.82) is 0 Å². The van der Waals surface area contributed by atoms with Gasteiger partial charge in [-0.05, 0) is 46.2 Å². The Labute approximate surface area is 195 Å². The Morgan fingerprint density at radius 1 is 1.09 bits per heavy atom. The third kappa shape index (κ3) is 5.92. The standard InChI is InChI=1S/C24H34N4O3S/c1-5-27(6-2)23(29)16-26-12-9-13-28(15-14-26)24(30)20-10-7-8-11-22(20)32-17-21-18(3)25-31-19(21)4/h7-8,10-11H,5-6,9,12-17H2,1-4H3. The highest BCUT2D eigenvalue weighted by Gasteiger charge is 2.24. The smallest absolute Gasteiger partial charge is 0.255 e. The van der Waals surface area contributed by atoms with Crippen molar-refractivity contribution in [1.82, 2.24) is 19.9 Å². The molecule has 2 aromatic rings. The van der Waals surface area contributed by atoms with Crippen LogP contribution in [0, 0.1) is 13.8 Å². The van der Waals surface area contributed by atoms with Crippen molar-refractivity contribution in [2.24, 2.45) is 0 Å². The summed E-state index contributed by atoms with van der Waals surface area (Å²) in [6.45, 7) is 12.6. The molecule has 32 heavy (non-hydrogen) atoms. The van der Waals surface area contributed by atoms with Gasteiger partial charge in [0.2, 0.25) is 5.91 Å². The van der Waals surface area contributed by atoms with Crippen molar-refractivity contribution < 1.29 is 14.1 Å². The number of nitrogens with zero attached hydrogens (tertiary/aromatic N) is 4. The maximum absolute atomic E-state index is 13.4. The molecule has 7 nitrogen and oxygen atoms in total. The number of aromatic nitrogens is 1. The Kier molecular flexibility index (Phi) is 8.75. The van der Waals surface area contributed by atoms with Gasteiger partial charge < -0.3 is 14.3 Å². The third-order valence-electron chi connectivity index (χ3n) is 6.02. The molecule has 0 unspecified atom stereocenters. The van der Waals surface area contributed by atoms with Crippen LogP contribution in [-0.2, 0) is 10.5 Å². The molecule has 3 rings (SSSR count). The highest BCUT2D eigenvalue weighted by molar-refractivity contribution is 7.98. The van der Waals surface area contributed by atoms with Gasteiger partial charge in [-0.2, -0.15) is 0 Å². The topological polar surface area (TPSA) is 69.9 Å². The van der Waals surface area contributed by atoms with E-state index in [0.717, 1.165) is 53.5 Å². The van der Waals surface area contributed by atoms with Crippen molar-refractivity contribution in [3.05, 3.63) is 46.8 Å². The summed E-state index contributed by atoms with van der Waals surface area (Å²) in [5.41, 5.74) is 2.71. The van der Waals surface area contributed by atoms with Crippen LogP contribution < -0.4 is 0 Å². The molecule has 1 fully saturated rings. The van der Waals surface area contributed by atoms with E-state index in [-0.39, 0.29) is 11.8 Å². The molecule has 1 aliphatic rings. The summed E-state index contributed by atoms with van der Waals surface area (Å²) >= 11 is 1.64. The first-order valence-electron chi connectivity index (χ1n) is 11.4. The maximum atomic E-state index is 13.4. The molecule has 1 saturated heterocycles. The second-order valence-corrected chi connectivity index (χ2v) is 9.09. The van der Waals surface area contributed by atoms with Crippen molar-refractivity contribution in [2.45, 2.75) is 44.8 Å². The molecule has 0 atom stereocenters. The predicted molar refractivity (Wildman–Crippen MR) is 127 cm³/mol. The molecule has 0 saturated carbocycles. The zero-order valence-corrected chi connectivity index (χ0v) is 20.4. The number of thioether (sulfide) groups is 1. The van der Waals surface area contributed by atoms with E-state index in [1.165, 1.54) is 0 Å². The fourth-order valence-electron chi connectivity index (χ4n) is 4.00. The SMILES string of the molecule is CCN(CC)C(=O)CN1CCCN(C(=O)c2ccccc2SCc2c(C)noc2C)CC1. The molecule has 174 valence electrons. The van der Waals surface area contributed by atoms with E-state index in [4.69, 9.17) is 4.52 Å². The normalized spacial score (nSPS) is 14.9. The number of hydrogen-bond acceptors (Lipinski definition) is 6. The average Bonchev–Trinajstić information content (AvgIpc) is 2.97. The van der Waals surface area contributed by atoms with Gasteiger partial charge in [-0.15, -0.1) is 11.8 Å². The molecule has 0 bridgehead atoms. The first-order valence-corrected chi connectivity index (χ1v) is 12.4. The van der Waals surface area contributed by atoms with Crippen LogP contribution in [0.4, 0.5) is 0 Å². The molecular formula is C24H34N4O3S. The monoisotopic (exact) mass is 458 g/mol. The summed E-state index contributed by atoms with van der Waals surface area (Å²) in [5.74, 6) is 1.76. The Balaban J connectivity index is 1.63. The maximum Gasteiger partial charge on any atom is 0.255 e. The quantitative estimate of drug-likeness (QED) is 0.563. The van der Waals surface area contributed by atoms with Gasteiger partial charge in [0.1, 0.15) is 5.76 Å². The van der Waals surface area contributed by atoms with Crippen LogP contribution in [0.25, 0.3) is 0 Å². The van der Waals surface area contributed by atoms with Gasteiger partial charge >= 0.3 is 0 Å². The van der Waals surface area contributed by atoms with Crippen LogP contribution >= 0.6 is 11.8 Å². The Bertz CT molecular complexity index is 906. The number of benzene rings is 1. The zero-order chi connectivity index (χ0) is 23.1. The molecule has 0 aliphatic carbocycles. The first kappa shape index (κ1) is 24.3. The summed E-state index contributed by atoms with van der Waals surface area (Å²) in [4.78, 5) is 32.8. The van der Waals surface area contributed by atoms with Crippen molar-refractivity contribution >= 4 is 23.6 Å². The zero-order valence-electron chi connectivity index (χ0n) is 19.6. The van der Waals surface area contributed by atoms with Crippen LogP contribution in [-0.4, -0.2) is 77.5 Å². The molecular weight excluding hydrogens is 424 g/mol. The van der Waals surface area contributed by atoms with Gasteiger partial charge in [0, 0.05) is 55.5 Å². The Morgan fingerprint density at radius 3 is 2.53 bits per heavy atom. The Morgan fingerprint density at radius 2 is 1.84 bits per heavy atom. The second kappa shape index (κ2) is 11.5. The lowest BCUT2D eigenvalue weighted by molar-refractivity contribution is -0.132. The highest BCUT2D eigenvalue weighted by Crippen LogP contribution is 2.29. The van der Waals surface area contributed by atoms with Crippen LogP contribution in [0.5, 0.6) is 0 Å². The number of likely N-dealkylation sites (N-methyl/N-ethyl adjacent to an activating group) is 1. The van der Waals surface area contributed by atoms with E-state index in [9.17, 15) is 9.59 Å². The fraction of sp³-hybridized carbons (Fsp3) is 0.542. The molecule has 0 radical (unpaired) electrons. The van der Waals surface area contributed by atoms with Gasteiger partial charge in [0.05, 0.1) is 17.8 Å². The summed E-state index contributed by atoms with van der Waals surface area (Å²) in [5, 5.41) is 4.02. The number of carbonyl (C=O) groups excluding carboxylic acids is 2. The third-order valence-corrected chi connectivity index (χ3v) is 7.12. The summed E-state index contributed by atoms with van der Waals surface area (Å²) < 4.78 is 5.27. The lowest BCUT2D eigenvalue weighted by Crippen LogP contribution is -2.42. The van der Waals surface area contributed by atoms with E-state index in [2.05, 4.69) is 10.1 Å². The van der Waals surface area contributed by atoms with Crippen LogP contribution in [0.15, 0.2) is 33.7 Å². The number of carbonyl (C=O) groups is 2. The minimum atomic E-state index is 0.0591. The fourth-order valence-corrected chi connectivity index (χ4v) is 5.19. The Hall–Kier alpha value is -2.32. The predicted octanol–water partition coefficient (Wildman–Crippen LogP) is 3.60. The molecule has 1 aromatic carbocycles. The van der Waals surface area contributed by atoms with Gasteiger partial charge in [0.25, 0.3) is 5.91 Å². The summed E-state index contributed by atoms with van der Waals surface area (Å²) in [6, 6.07) is 7.79. The number of aryl methyl sites for hydroxylation is 2. The van der Waals surface area contributed by atoms with Gasteiger partial charge in [-0.1, -0.05) is 17.3 Å². The largest absolute Gasteiger partial charge is 0.361 e. The van der Waals surface area contributed by atoms with E-state index in [1.54, 1.807) is 11.8 Å². The molecule has 0 spiro atoms. The minimum Gasteiger partial charge on any atom is -0.361 e. The van der Waals surface area contributed by atoms with Gasteiger partial charge in [-0.3, -0.25) is 14.5 Å². The minimum absolute atomic E-state index is 0.0591. The lowest BCUT2D eigenvalue weighted by atomic mass is 10.2. The number of hydrogen-bond donors (Lipinski definition) is 0. The van der Waals surface area contributed by atoms with Crippen LogP contribution in [0.2, 0.25) is 0 Å². The molecule has 1 aromatic heterocycles. The molecule has 0 N–H and O–H groups in total. The highest BCUT2D eigenvalue weighted by atomic mass is 32.2. The van der Waals surface area contributed by atoms with E-state index in [1.807, 2.05) is 61.8 Å².